The third-order valence-electron chi connectivity index (χ3n) is 4.85. The molecule has 3 aromatic rings. The molecular weight excluding hydrogens is 380 g/mol. The van der Waals surface area contributed by atoms with Crippen LogP contribution in [0.5, 0.6) is 0 Å². The molecule has 0 aliphatic rings. The van der Waals surface area contributed by atoms with Gasteiger partial charge in [-0.1, -0.05) is 87.1 Å². The Morgan fingerprint density at radius 2 is 1.72 bits per heavy atom. The Labute approximate surface area is 176 Å². The minimum absolute atomic E-state index is 0.0227. The van der Waals surface area contributed by atoms with Crippen LogP contribution in [0.2, 0.25) is 0 Å². The molecule has 1 aromatic heterocycles. The molecule has 0 radical (unpaired) electrons. The molecule has 0 saturated heterocycles. The number of amides is 1. The van der Waals surface area contributed by atoms with Gasteiger partial charge in [0.15, 0.2) is 11.0 Å². The molecule has 1 atom stereocenters. The second kappa shape index (κ2) is 8.82. The maximum atomic E-state index is 12.3. The number of hydrogen-bond donors (Lipinski definition) is 1. The summed E-state index contributed by atoms with van der Waals surface area (Å²) in [6.07, 6.45) is 0. The number of aromatic nitrogens is 3. The van der Waals surface area contributed by atoms with Crippen molar-refractivity contribution < 1.29 is 4.79 Å². The van der Waals surface area contributed by atoms with E-state index in [4.69, 9.17) is 0 Å². The van der Waals surface area contributed by atoms with Crippen molar-refractivity contribution in [2.24, 2.45) is 7.05 Å². The molecule has 6 heteroatoms. The Morgan fingerprint density at radius 3 is 2.34 bits per heavy atom. The lowest BCUT2D eigenvalue weighted by Gasteiger charge is -2.19. The minimum Gasteiger partial charge on any atom is -0.349 e. The van der Waals surface area contributed by atoms with Gasteiger partial charge in [0, 0.05) is 12.6 Å². The molecule has 0 fully saturated rings. The van der Waals surface area contributed by atoms with Gasteiger partial charge in [-0.05, 0) is 23.5 Å². The Morgan fingerprint density at radius 1 is 1.07 bits per heavy atom. The fourth-order valence-corrected chi connectivity index (χ4v) is 3.77. The first-order valence-electron chi connectivity index (χ1n) is 9.73. The zero-order chi connectivity index (χ0) is 21.0. The number of rotatable bonds is 6. The summed E-state index contributed by atoms with van der Waals surface area (Å²) >= 11 is 1.39. The van der Waals surface area contributed by atoms with Crippen molar-refractivity contribution in [3.63, 3.8) is 0 Å². The Bertz CT molecular complexity index is 959. The van der Waals surface area contributed by atoms with E-state index in [-0.39, 0.29) is 17.4 Å². The van der Waals surface area contributed by atoms with E-state index in [1.54, 1.807) is 0 Å². The Kier molecular flexibility index (Phi) is 6.42. The highest BCUT2D eigenvalue weighted by molar-refractivity contribution is 7.99. The lowest BCUT2D eigenvalue weighted by molar-refractivity contribution is -0.119. The first-order chi connectivity index (χ1) is 13.8. The monoisotopic (exact) mass is 408 g/mol. The fraction of sp³-hybridized carbons (Fsp3) is 0.348. The van der Waals surface area contributed by atoms with Crippen LogP contribution >= 0.6 is 11.8 Å². The van der Waals surface area contributed by atoms with E-state index in [9.17, 15) is 4.79 Å². The Balaban J connectivity index is 1.62. The molecule has 1 amide bonds. The topological polar surface area (TPSA) is 59.8 Å². The van der Waals surface area contributed by atoms with Crippen molar-refractivity contribution in [2.75, 3.05) is 5.75 Å². The van der Waals surface area contributed by atoms with Crippen molar-refractivity contribution in [3.05, 3.63) is 65.7 Å². The molecule has 0 aliphatic carbocycles. The van der Waals surface area contributed by atoms with Gasteiger partial charge in [-0.15, -0.1) is 10.2 Å². The molecule has 29 heavy (non-hydrogen) atoms. The lowest BCUT2D eigenvalue weighted by atomic mass is 9.87. The molecule has 1 heterocycles. The van der Waals surface area contributed by atoms with Crippen molar-refractivity contribution in [1.29, 1.82) is 0 Å². The van der Waals surface area contributed by atoms with Crippen molar-refractivity contribution in [1.82, 2.24) is 20.1 Å². The van der Waals surface area contributed by atoms with E-state index in [1.807, 2.05) is 48.9 Å². The highest BCUT2D eigenvalue weighted by Crippen LogP contribution is 2.27. The maximum absolute atomic E-state index is 12.3. The standard InChI is InChI=1S/C23H28N4OS/c1-16(17-9-7-6-8-10-17)24-20(28)15-29-22-26-25-21(27(22)5)18-11-13-19(14-12-18)23(2,3)4/h6-14,16H,15H2,1-5H3,(H,24,28)/t16-/m1/s1. The van der Waals surface area contributed by atoms with Crippen molar-refractivity contribution in [2.45, 2.75) is 44.3 Å². The summed E-state index contributed by atoms with van der Waals surface area (Å²) in [5.41, 5.74) is 3.50. The summed E-state index contributed by atoms with van der Waals surface area (Å²) in [4.78, 5) is 12.3. The van der Waals surface area contributed by atoms with Crippen LogP contribution in [0, 0.1) is 0 Å². The molecular formula is C23H28N4OS. The van der Waals surface area contributed by atoms with E-state index in [2.05, 4.69) is 60.6 Å². The number of nitrogens with zero attached hydrogens (tertiary/aromatic N) is 3. The largest absolute Gasteiger partial charge is 0.349 e. The number of thioether (sulfide) groups is 1. The van der Waals surface area contributed by atoms with Crippen molar-refractivity contribution in [3.8, 4) is 11.4 Å². The highest BCUT2D eigenvalue weighted by atomic mass is 32.2. The molecule has 0 aliphatic heterocycles. The van der Waals surface area contributed by atoms with Gasteiger partial charge in [0.05, 0.1) is 11.8 Å². The molecule has 3 rings (SSSR count). The molecule has 152 valence electrons. The van der Waals surface area contributed by atoms with Crippen LogP contribution < -0.4 is 5.32 Å². The van der Waals surface area contributed by atoms with E-state index < -0.39 is 0 Å². The number of hydrogen-bond acceptors (Lipinski definition) is 4. The summed E-state index contributed by atoms with van der Waals surface area (Å²) in [7, 11) is 1.93. The van der Waals surface area contributed by atoms with Crippen LogP contribution in [0.15, 0.2) is 59.8 Å². The smallest absolute Gasteiger partial charge is 0.230 e. The number of nitrogens with one attached hydrogen (secondary N) is 1. The van der Waals surface area contributed by atoms with Crippen molar-refractivity contribution >= 4 is 17.7 Å². The van der Waals surface area contributed by atoms with Gasteiger partial charge in [0.2, 0.25) is 5.91 Å². The van der Waals surface area contributed by atoms with Gasteiger partial charge >= 0.3 is 0 Å². The van der Waals surface area contributed by atoms with Gasteiger partial charge < -0.3 is 9.88 Å². The quantitative estimate of drug-likeness (QED) is 0.598. The summed E-state index contributed by atoms with van der Waals surface area (Å²) in [5, 5.41) is 12.3. The van der Waals surface area contributed by atoms with E-state index in [0.717, 1.165) is 22.1 Å². The second-order valence-corrected chi connectivity index (χ2v) is 9.12. The predicted molar refractivity (Wildman–Crippen MR) is 119 cm³/mol. The van der Waals surface area contributed by atoms with Crippen LogP contribution in [-0.4, -0.2) is 26.4 Å². The summed E-state index contributed by atoms with van der Waals surface area (Å²) in [5.74, 6) is 1.07. The summed E-state index contributed by atoms with van der Waals surface area (Å²) < 4.78 is 1.94. The zero-order valence-electron chi connectivity index (χ0n) is 17.6. The van der Waals surface area contributed by atoms with Gasteiger partial charge in [0.25, 0.3) is 0 Å². The molecule has 0 unspecified atom stereocenters. The average Bonchev–Trinajstić information content (AvgIpc) is 3.07. The fourth-order valence-electron chi connectivity index (χ4n) is 3.05. The van der Waals surface area contributed by atoms with Gasteiger partial charge in [-0.3, -0.25) is 4.79 Å². The lowest BCUT2D eigenvalue weighted by Crippen LogP contribution is -2.28. The third kappa shape index (κ3) is 5.26. The van der Waals surface area contributed by atoms with E-state index >= 15 is 0 Å². The van der Waals surface area contributed by atoms with Crippen LogP contribution in [0.3, 0.4) is 0 Å². The highest BCUT2D eigenvalue weighted by Gasteiger charge is 2.16. The molecule has 5 nitrogen and oxygen atoms in total. The average molecular weight is 409 g/mol. The van der Waals surface area contributed by atoms with Gasteiger partial charge in [-0.2, -0.15) is 0 Å². The third-order valence-corrected chi connectivity index (χ3v) is 5.87. The Hall–Kier alpha value is -2.60. The zero-order valence-corrected chi connectivity index (χ0v) is 18.5. The maximum Gasteiger partial charge on any atom is 0.230 e. The van der Waals surface area contributed by atoms with Crippen LogP contribution in [0.1, 0.15) is 44.9 Å². The van der Waals surface area contributed by atoms with Gasteiger partial charge in [-0.25, -0.2) is 0 Å². The normalized spacial score (nSPS) is 12.6. The summed E-state index contributed by atoms with van der Waals surface area (Å²) in [6, 6.07) is 18.3. The second-order valence-electron chi connectivity index (χ2n) is 8.18. The molecule has 2 aromatic carbocycles. The number of carbonyl (C=O) groups is 1. The molecule has 0 saturated carbocycles. The number of benzene rings is 2. The van der Waals surface area contributed by atoms with Crippen LogP contribution in [-0.2, 0) is 17.3 Å². The predicted octanol–water partition coefficient (Wildman–Crippen LogP) is 4.75. The minimum atomic E-state index is -0.0271. The SMILES string of the molecule is C[C@@H](NC(=O)CSc1nnc(-c2ccc(C(C)(C)C)cc2)n1C)c1ccccc1. The number of carbonyl (C=O) groups excluding carboxylic acids is 1. The molecule has 1 N–H and O–H groups in total. The first kappa shape index (κ1) is 21.1. The first-order valence-corrected chi connectivity index (χ1v) is 10.7. The van der Waals surface area contributed by atoms with E-state index in [0.29, 0.717) is 5.75 Å². The summed E-state index contributed by atoms with van der Waals surface area (Å²) in [6.45, 7) is 8.58. The van der Waals surface area contributed by atoms with E-state index in [1.165, 1.54) is 17.3 Å². The van der Waals surface area contributed by atoms with Gasteiger partial charge in [0.1, 0.15) is 0 Å². The van der Waals surface area contributed by atoms with Crippen LogP contribution in [0.25, 0.3) is 11.4 Å². The molecule has 0 spiro atoms. The van der Waals surface area contributed by atoms with Crippen LogP contribution in [0.4, 0.5) is 0 Å². The molecule has 0 bridgehead atoms.